The zero-order chi connectivity index (χ0) is 14.2. The van der Waals surface area contributed by atoms with Crippen LogP contribution in [0.15, 0.2) is 66.7 Å². The highest BCUT2D eigenvalue weighted by Crippen LogP contribution is 2.16. The Labute approximate surface area is 118 Å². The van der Waals surface area contributed by atoms with Gasteiger partial charge in [0, 0.05) is 6.08 Å². The molecule has 0 heterocycles. The van der Waals surface area contributed by atoms with E-state index in [1.54, 1.807) is 25.1 Å². The molecule has 0 saturated carbocycles. The Hall–Kier alpha value is -2.75. The molecule has 0 fully saturated rings. The standard InChI is InChI=1S/C16H16N2O2/c1-2-6-16(19)20-15-11-9-14(10-12-15)18-17-13-7-4-3-5-8-13/h2-12,17-18H,1H3/b6-2+. The molecule has 0 radical (unpaired) electrons. The van der Waals surface area contributed by atoms with Crippen molar-refractivity contribution in [2.24, 2.45) is 0 Å². The monoisotopic (exact) mass is 268 g/mol. The molecule has 4 heteroatoms. The van der Waals surface area contributed by atoms with Crippen molar-refractivity contribution in [1.82, 2.24) is 0 Å². The maximum atomic E-state index is 11.3. The lowest BCUT2D eigenvalue weighted by Crippen LogP contribution is -2.08. The van der Waals surface area contributed by atoms with Crippen LogP contribution in [0.2, 0.25) is 0 Å². The minimum Gasteiger partial charge on any atom is -0.423 e. The number of hydrazine groups is 1. The fourth-order valence-electron chi connectivity index (χ4n) is 1.56. The predicted molar refractivity (Wildman–Crippen MR) is 80.6 cm³/mol. The van der Waals surface area contributed by atoms with E-state index in [-0.39, 0.29) is 5.97 Å². The van der Waals surface area contributed by atoms with Crippen LogP contribution >= 0.6 is 0 Å². The van der Waals surface area contributed by atoms with Crippen LogP contribution < -0.4 is 15.6 Å². The molecule has 0 unspecified atom stereocenters. The van der Waals surface area contributed by atoms with E-state index in [1.165, 1.54) is 6.08 Å². The lowest BCUT2D eigenvalue weighted by atomic mass is 10.3. The maximum absolute atomic E-state index is 11.3. The molecule has 102 valence electrons. The summed E-state index contributed by atoms with van der Waals surface area (Å²) < 4.78 is 5.10. The molecule has 0 aliphatic heterocycles. The fourth-order valence-corrected chi connectivity index (χ4v) is 1.56. The Morgan fingerprint density at radius 2 is 1.55 bits per heavy atom. The zero-order valence-corrected chi connectivity index (χ0v) is 11.2. The number of carbonyl (C=O) groups is 1. The lowest BCUT2D eigenvalue weighted by Gasteiger charge is -2.10. The summed E-state index contributed by atoms with van der Waals surface area (Å²) >= 11 is 0. The van der Waals surface area contributed by atoms with Crippen LogP contribution in [0.25, 0.3) is 0 Å². The number of hydrogen-bond acceptors (Lipinski definition) is 4. The van der Waals surface area contributed by atoms with Gasteiger partial charge in [0.15, 0.2) is 0 Å². The number of carbonyl (C=O) groups excluding carboxylic acids is 1. The van der Waals surface area contributed by atoms with Gasteiger partial charge in [-0.15, -0.1) is 0 Å². The second-order valence-electron chi connectivity index (χ2n) is 4.06. The molecule has 2 aromatic carbocycles. The van der Waals surface area contributed by atoms with Gasteiger partial charge in [-0.1, -0.05) is 24.3 Å². The summed E-state index contributed by atoms with van der Waals surface area (Å²) in [5.41, 5.74) is 7.98. The van der Waals surface area contributed by atoms with Gasteiger partial charge in [-0.2, -0.15) is 0 Å². The third-order valence-corrected chi connectivity index (χ3v) is 2.50. The van der Waals surface area contributed by atoms with Gasteiger partial charge in [-0.05, 0) is 43.3 Å². The average Bonchev–Trinajstić information content (AvgIpc) is 2.48. The summed E-state index contributed by atoms with van der Waals surface area (Å²) in [6.45, 7) is 1.77. The lowest BCUT2D eigenvalue weighted by molar-refractivity contribution is -0.129. The first kappa shape index (κ1) is 13.7. The van der Waals surface area contributed by atoms with Gasteiger partial charge in [-0.25, -0.2) is 4.79 Å². The summed E-state index contributed by atoms with van der Waals surface area (Å²) in [7, 11) is 0. The van der Waals surface area contributed by atoms with Gasteiger partial charge in [0.05, 0.1) is 11.4 Å². The molecule has 4 nitrogen and oxygen atoms in total. The van der Waals surface area contributed by atoms with E-state index in [9.17, 15) is 4.79 Å². The van der Waals surface area contributed by atoms with Crippen molar-refractivity contribution in [2.45, 2.75) is 6.92 Å². The van der Waals surface area contributed by atoms with Crippen LogP contribution in [-0.2, 0) is 4.79 Å². The molecular weight excluding hydrogens is 252 g/mol. The van der Waals surface area contributed by atoms with E-state index in [1.807, 2.05) is 42.5 Å². The molecule has 0 aromatic heterocycles. The molecule has 0 aliphatic rings. The first-order valence-electron chi connectivity index (χ1n) is 6.29. The second kappa shape index (κ2) is 6.99. The number of esters is 1. The molecule has 2 N–H and O–H groups in total. The van der Waals surface area contributed by atoms with E-state index in [0.29, 0.717) is 5.75 Å². The summed E-state index contributed by atoms with van der Waals surface area (Å²) in [6.07, 6.45) is 3.02. The minimum atomic E-state index is -0.379. The first-order chi connectivity index (χ1) is 9.78. The Morgan fingerprint density at radius 3 is 2.15 bits per heavy atom. The SMILES string of the molecule is C/C=C/C(=O)Oc1ccc(NNc2ccccc2)cc1. The molecule has 0 amide bonds. The van der Waals surface area contributed by atoms with Crippen molar-refractivity contribution in [1.29, 1.82) is 0 Å². The molecule has 2 aromatic rings. The van der Waals surface area contributed by atoms with E-state index in [2.05, 4.69) is 10.9 Å². The van der Waals surface area contributed by atoms with E-state index < -0.39 is 0 Å². The van der Waals surface area contributed by atoms with Crippen LogP contribution in [-0.4, -0.2) is 5.97 Å². The largest absolute Gasteiger partial charge is 0.423 e. The van der Waals surface area contributed by atoms with Gasteiger partial charge in [0.1, 0.15) is 5.75 Å². The molecular formula is C16H16N2O2. The van der Waals surface area contributed by atoms with Gasteiger partial charge < -0.3 is 15.6 Å². The van der Waals surface area contributed by atoms with Crippen molar-refractivity contribution in [3.05, 3.63) is 66.7 Å². The summed E-state index contributed by atoms with van der Waals surface area (Å²) in [6, 6.07) is 16.9. The summed E-state index contributed by atoms with van der Waals surface area (Å²) in [4.78, 5) is 11.3. The predicted octanol–water partition coefficient (Wildman–Crippen LogP) is 3.61. The van der Waals surface area contributed by atoms with Gasteiger partial charge in [0.25, 0.3) is 0 Å². The van der Waals surface area contributed by atoms with Crippen molar-refractivity contribution >= 4 is 17.3 Å². The van der Waals surface area contributed by atoms with Crippen LogP contribution in [0, 0.1) is 0 Å². The second-order valence-corrected chi connectivity index (χ2v) is 4.06. The van der Waals surface area contributed by atoms with Gasteiger partial charge >= 0.3 is 5.97 Å². The highest BCUT2D eigenvalue weighted by molar-refractivity contribution is 5.83. The quantitative estimate of drug-likeness (QED) is 0.376. The molecule has 0 bridgehead atoms. The van der Waals surface area contributed by atoms with Crippen molar-refractivity contribution in [3.8, 4) is 5.75 Å². The Kier molecular flexibility index (Phi) is 4.78. The molecule has 0 saturated heterocycles. The molecule has 20 heavy (non-hydrogen) atoms. The highest BCUT2D eigenvalue weighted by Gasteiger charge is 2.00. The van der Waals surface area contributed by atoms with Crippen LogP contribution in [0.5, 0.6) is 5.75 Å². The van der Waals surface area contributed by atoms with E-state index >= 15 is 0 Å². The van der Waals surface area contributed by atoms with Gasteiger partial charge in [-0.3, -0.25) is 0 Å². The summed E-state index contributed by atoms with van der Waals surface area (Å²) in [5.74, 6) is 0.133. The van der Waals surface area contributed by atoms with E-state index in [0.717, 1.165) is 11.4 Å². The number of hydrogen-bond donors (Lipinski definition) is 2. The van der Waals surface area contributed by atoms with Crippen LogP contribution in [0.3, 0.4) is 0 Å². The van der Waals surface area contributed by atoms with Crippen molar-refractivity contribution < 1.29 is 9.53 Å². The number of anilines is 2. The third-order valence-electron chi connectivity index (χ3n) is 2.50. The Morgan fingerprint density at radius 1 is 0.950 bits per heavy atom. The highest BCUT2D eigenvalue weighted by atomic mass is 16.5. The van der Waals surface area contributed by atoms with Crippen LogP contribution in [0.4, 0.5) is 11.4 Å². The minimum absolute atomic E-state index is 0.379. The molecule has 0 aliphatic carbocycles. The third kappa shape index (κ3) is 4.17. The molecule has 2 rings (SSSR count). The topological polar surface area (TPSA) is 50.4 Å². The first-order valence-corrected chi connectivity index (χ1v) is 6.29. The number of benzene rings is 2. The number of nitrogens with one attached hydrogen (secondary N) is 2. The zero-order valence-electron chi connectivity index (χ0n) is 11.2. The fraction of sp³-hybridized carbons (Fsp3) is 0.0625. The Bertz CT molecular complexity index is 577. The Balaban J connectivity index is 1.90. The molecule has 0 atom stereocenters. The normalized spacial score (nSPS) is 10.2. The maximum Gasteiger partial charge on any atom is 0.335 e. The van der Waals surface area contributed by atoms with Crippen molar-refractivity contribution in [2.75, 3.05) is 10.9 Å². The van der Waals surface area contributed by atoms with Crippen LogP contribution in [0.1, 0.15) is 6.92 Å². The number of rotatable bonds is 5. The van der Waals surface area contributed by atoms with E-state index in [4.69, 9.17) is 4.74 Å². The number of para-hydroxylation sites is 1. The smallest absolute Gasteiger partial charge is 0.335 e. The average molecular weight is 268 g/mol. The van der Waals surface area contributed by atoms with Crippen molar-refractivity contribution in [3.63, 3.8) is 0 Å². The number of allylic oxidation sites excluding steroid dienone is 1. The van der Waals surface area contributed by atoms with Gasteiger partial charge in [0.2, 0.25) is 0 Å². The number of ether oxygens (including phenoxy) is 1. The summed E-state index contributed by atoms with van der Waals surface area (Å²) in [5, 5.41) is 0. The molecule has 0 spiro atoms.